The highest BCUT2D eigenvalue weighted by atomic mass is 32.2. The minimum atomic E-state index is -3.20. The third-order valence-electron chi connectivity index (χ3n) is 6.85. The van der Waals surface area contributed by atoms with Crippen LogP contribution in [0.3, 0.4) is 0 Å². The highest BCUT2D eigenvalue weighted by Gasteiger charge is 2.18. The molecule has 6 aromatic rings. The molecule has 3 N–H and O–H groups in total. The molecule has 0 fully saturated rings. The number of pyridine rings is 3. The van der Waals surface area contributed by atoms with Crippen LogP contribution in [0, 0.1) is 5.82 Å². The number of nitrogens with one attached hydrogen (secondary N) is 3. The van der Waals surface area contributed by atoms with Crippen LogP contribution in [0.5, 0.6) is 0 Å². The van der Waals surface area contributed by atoms with Gasteiger partial charge in [0.1, 0.15) is 21.2 Å². The lowest BCUT2D eigenvalue weighted by atomic mass is 10.0. The quantitative estimate of drug-likeness (QED) is 0.208. The Balaban J connectivity index is 1.37. The van der Waals surface area contributed by atoms with Gasteiger partial charge in [-0.05, 0) is 60.4 Å². The molecule has 0 bridgehead atoms. The molecule has 0 aliphatic carbocycles. The van der Waals surface area contributed by atoms with Crippen LogP contribution >= 0.6 is 0 Å². The number of fused-ring (bicyclic) bond motifs is 2. The van der Waals surface area contributed by atoms with Gasteiger partial charge in [-0.2, -0.15) is 5.10 Å². The number of carbonyl (C=O) groups is 1. The Kier molecular flexibility index (Phi) is 7.40. The number of nitrogens with zero attached hydrogens (tertiary/aromatic N) is 5. The molecule has 6 rings (SSSR count). The van der Waals surface area contributed by atoms with E-state index in [4.69, 9.17) is 4.98 Å². The molecule has 1 amide bonds. The highest BCUT2D eigenvalue weighted by Crippen LogP contribution is 2.32. The summed E-state index contributed by atoms with van der Waals surface area (Å²) >= 11 is 0. The SMILES string of the molecule is CCCC(=O)Nc1cncc(-c2ccc3[nH]nc(-c4nc5nccc(-c6cc(F)cc(CCS(C)(=O)=O)c6)c5[nH]4)c3n2)c1. The van der Waals surface area contributed by atoms with Crippen molar-refractivity contribution in [2.24, 2.45) is 0 Å². The molecule has 1 aromatic carbocycles. The molecular formula is C30H27FN8O3S. The lowest BCUT2D eigenvalue weighted by Gasteiger charge is -2.07. The molecule has 0 spiro atoms. The normalized spacial score (nSPS) is 11.8. The standard InChI is InChI=1S/C30H27FN8O3S/c1-3-4-25(40)34-21-14-19(15-32-16-21)23-5-6-24-27(35-23)28(39-38-24)30-36-26-22(7-9-33-29(26)37-30)18-11-17(12-20(31)13-18)8-10-43(2,41)42/h5-7,9,11-16H,3-4,8,10H2,1-2H3,(H,34,40)(H,38,39)(H,33,36,37). The molecule has 0 saturated carbocycles. The van der Waals surface area contributed by atoms with Gasteiger partial charge in [-0.1, -0.05) is 13.0 Å². The predicted octanol–water partition coefficient (Wildman–Crippen LogP) is 5.09. The summed E-state index contributed by atoms with van der Waals surface area (Å²) in [5.74, 6) is -0.212. The van der Waals surface area contributed by atoms with Crippen molar-refractivity contribution in [2.45, 2.75) is 26.2 Å². The van der Waals surface area contributed by atoms with Crippen molar-refractivity contribution in [1.82, 2.24) is 35.1 Å². The zero-order chi connectivity index (χ0) is 30.1. The maximum atomic E-state index is 14.6. The second-order valence-electron chi connectivity index (χ2n) is 10.3. The summed E-state index contributed by atoms with van der Waals surface area (Å²) in [5.41, 5.74) is 6.42. The largest absolute Gasteiger partial charge is 0.335 e. The van der Waals surface area contributed by atoms with E-state index in [-0.39, 0.29) is 18.1 Å². The second-order valence-corrected chi connectivity index (χ2v) is 12.6. The van der Waals surface area contributed by atoms with Gasteiger partial charge in [0.15, 0.2) is 17.2 Å². The van der Waals surface area contributed by atoms with Crippen molar-refractivity contribution in [1.29, 1.82) is 0 Å². The van der Waals surface area contributed by atoms with Gasteiger partial charge < -0.3 is 10.3 Å². The van der Waals surface area contributed by atoms with E-state index in [2.05, 4.69) is 35.5 Å². The molecule has 0 unspecified atom stereocenters. The number of aryl methyl sites for hydroxylation is 1. The number of amides is 1. The number of rotatable bonds is 9. The summed E-state index contributed by atoms with van der Waals surface area (Å²) in [4.78, 5) is 33.5. The third kappa shape index (κ3) is 6.11. The number of hydrogen-bond donors (Lipinski definition) is 3. The van der Waals surface area contributed by atoms with Gasteiger partial charge in [0, 0.05) is 36.2 Å². The maximum Gasteiger partial charge on any atom is 0.224 e. The van der Waals surface area contributed by atoms with Crippen LogP contribution in [0.4, 0.5) is 10.1 Å². The molecule has 0 saturated heterocycles. The minimum Gasteiger partial charge on any atom is -0.335 e. The summed E-state index contributed by atoms with van der Waals surface area (Å²) in [6.45, 7) is 1.94. The molecule has 5 aromatic heterocycles. The summed E-state index contributed by atoms with van der Waals surface area (Å²) in [6.07, 6.45) is 7.36. The van der Waals surface area contributed by atoms with Crippen LogP contribution in [0.1, 0.15) is 25.3 Å². The van der Waals surface area contributed by atoms with Gasteiger partial charge >= 0.3 is 0 Å². The average molecular weight is 599 g/mol. The summed E-state index contributed by atoms with van der Waals surface area (Å²) < 4.78 is 37.9. The number of carbonyl (C=O) groups excluding carboxylic acids is 1. The topological polar surface area (TPSA) is 159 Å². The number of aromatic amines is 2. The van der Waals surface area contributed by atoms with E-state index < -0.39 is 15.7 Å². The summed E-state index contributed by atoms with van der Waals surface area (Å²) in [7, 11) is -3.20. The Morgan fingerprint density at radius 1 is 1.05 bits per heavy atom. The summed E-state index contributed by atoms with van der Waals surface area (Å²) in [5, 5.41) is 10.3. The molecule has 0 atom stereocenters. The summed E-state index contributed by atoms with van der Waals surface area (Å²) in [6, 6.07) is 11.8. The van der Waals surface area contributed by atoms with Gasteiger partial charge in [-0.25, -0.2) is 27.8 Å². The fourth-order valence-corrected chi connectivity index (χ4v) is 5.45. The van der Waals surface area contributed by atoms with Gasteiger partial charge in [0.2, 0.25) is 5.91 Å². The van der Waals surface area contributed by atoms with E-state index in [1.807, 2.05) is 25.1 Å². The van der Waals surface area contributed by atoms with Crippen molar-refractivity contribution in [3.8, 4) is 33.9 Å². The lowest BCUT2D eigenvalue weighted by Crippen LogP contribution is -2.10. The van der Waals surface area contributed by atoms with E-state index in [1.165, 1.54) is 12.1 Å². The number of halogens is 1. The zero-order valence-corrected chi connectivity index (χ0v) is 24.2. The van der Waals surface area contributed by atoms with Crippen LogP contribution in [0.15, 0.2) is 61.1 Å². The van der Waals surface area contributed by atoms with E-state index in [0.29, 0.717) is 68.2 Å². The van der Waals surface area contributed by atoms with Crippen molar-refractivity contribution in [2.75, 3.05) is 17.3 Å². The first-order chi connectivity index (χ1) is 20.7. The van der Waals surface area contributed by atoms with Crippen molar-refractivity contribution in [3.05, 3.63) is 72.4 Å². The van der Waals surface area contributed by atoms with E-state index >= 15 is 0 Å². The van der Waals surface area contributed by atoms with Crippen LogP contribution < -0.4 is 5.32 Å². The van der Waals surface area contributed by atoms with E-state index in [0.717, 1.165) is 18.2 Å². The smallest absolute Gasteiger partial charge is 0.224 e. The highest BCUT2D eigenvalue weighted by molar-refractivity contribution is 7.90. The van der Waals surface area contributed by atoms with Crippen LogP contribution in [-0.4, -0.2) is 61.5 Å². The number of aromatic nitrogens is 7. The number of anilines is 1. The average Bonchev–Trinajstić information content (AvgIpc) is 3.59. The van der Waals surface area contributed by atoms with E-state index in [1.54, 1.807) is 30.7 Å². The van der Waals surface area contributed by atoms with Gasteiger partial charge in [0.05, 0.1) is 34.4 Å². The molecule has 13 heteroatoms. The Morgan fingerprint density at radius 2 is 1.91 bits per heavy atom. The molecule has 218 valence electrons. The van der Waals surface area contributed by atoms with Crippen LogP contribution in [0.25, 0.3) is 56.1 Å². The number of sulfone groups is 1. The van der Waals surface area contributed by atoms with Crippen molar-refractivity contribution < 1.29 is 17.6 Å². The second kappa shape index (κ2) is 11.3. The van der Waals surface area contributed by atoms with E-state index in [9.17, 15) is 17.6 Å². The molecule has 0 aliphatic rings. The Labute approximate surface area is 246 Å². The van der Waals surface area contributed by atoms with Crippen LogP contribution in [0.2, 0.25) is 0 Å². The predicted molar refractivity (Wildman–Crippen MR) is 162 cm³/mol. The molecule has 0 radical (unpaired) electrons. The molecule has 0 aliphatic heterocycles. The zero-order valence-electron chi connectivity index (χ0n) is 23.3. The monoisotopic (exact) mass is 598 g/mol. The number of H-pyrrole nitrogens is 2. The lowest BCUT2D eigenvalue weighted by molar-refractivity contribution is -0.116. The maximum absolute atomic E-state index is 14.6. The molecule has 5 heterocycles. The molecule has 43 heavy (non-hydrogen) atoms. The Morgan fingerprint density at radius 3 is 2.72 bits per heavy atom. The van der Waals surface area contributed by atoms with Crippen molar-refractivity contribution >= 4 is 43.6 Å². The van der Waals surface area contributed by atoms with Crippen molar-refractivity contribution in [3.63, 3.8) is 0 Å². The number of imidazole rings is 1. The molecule has 11 nitrogen and oxygen atoms in total. The van der Waals surface area contributed by atoms with Crippen LogP contribution in [-0.2, 0) is 21.1 Å². The van der Waals surface area contributed by atoms with Gasteiger partial charge in [0.25, 0.3) is 0 Å². The fourth-order valence-electron chi connectivity index (χ4n) is 4.84. The molecular weight excluding hydrogens is 571 g/mol. The van der Waals surface area contributed by atoms with Gasteiger partial charge in [-0.3, -0.25) is 14.9 Å². The van der Waals surface area contributed by atoms with Gasteiger partial charge in [-0.15, -0.1) is 0 Å². The first kappa shape index (κ1) is 28.1. The number of hydrogen-bond acceptors (Lipinski definition) is 8. The third-order valence-corrected chi connectivity index (χ3v) is 7.79. The number of benzene rings is 1. The first-order valence-corrected chi connectivity index (χ1v) is 15.7. The Bertz CT molecular complexity index is 2110. The Hall–Kier alpha value is -5.04. The first-order valence-electron chi connectivity index (χ1n) is 13.6. The minimum absolute atomic E-state index is 0.0784. The fraction of sp³-hybridized carbons (Fsp3) is 0.200.